The molecule has 3 aromatic rings. The van der Waals surface area contributed by atoms with E-state index in [-0.39, 0.29) is 0 Å². The van der Waals surface area contributed by atoms with Crippen molar-refractivity contribution in [3.63, 3.8) is 0 Å². The van der Waals surface area contributed by atoms with E-state index in [2.05, 4.69) is 15.0 Å². The maximum Gasteiger partial charge on any atom is 0.182 e. The van der Waals surface area contributed by atoms with Crippen LogP contribution in [0.1, 0.15) is 37.8 Å². The zero-order chi connectivity index (χ0) is 19.3. The molecule has 2 aliphatic rings. The Kier molecular flexibility index (Phi) is 4.08. The molecule has 5 rings (SSSR count). The third-order valence-electron chi connectivity index (χ3n) is 6.46. The van der Waals surface area contributed by atoms with Crippen molar-refractivity contribution in [2.75, 3.05) is 18.0 Å². The second-order valence-corrected chi connectivity index (χ2v) is 8.24. The molecule has 28 heavy (non-hydrogen) atoms. The fourth-order valence-electron chi connectivity index (χ4n) is 4.92. The number of anilines is 1. The molecule has 0 bridgehead atoms. The van der Waals surface area contributed by atoms with Gasteiger partial charge in [0.05, 0.1) is 16.7 Å². The normalized spacial score (nSPS) is 25.1. The summed E-state index contributed by atoms with van der Waals surface area (Å²) in [6.45, 7) is 3.64. The number of aliphatic hydroxyl groups is 1. The van der Waals surface area contributed by atoms with Crippen molar-refractivity contribution >= 4 is 16.9 Å². The van der Waals surface area contributed by atoms with Crippen molar-refractivity contribution in [1.29, 1.82) is 0 Å². The van der Waals surface area contributed by atoms with Gasteiger partial charge in [0.15, 0.2) is 11.5 Å². The highest BCUT2D eigenvalue weighted by Crippen LogP contribution is 2.42. The number of aromatic nitrogens is 5. The van der Waals surface area contributed by atoms with Crippen molar-refractivity contribution in [3.05, 3.63) is 30.1 Å². The molecule has 2 fully saturated rings. The lowest BCUT2D eigenvalue weighted by Gasteiger charge is -2.47. The van der Waals surface area contributed by atoms with E-state index in [0.29, 0.717) is 11.7 Å². The number of aryl methyl sites for hydroxylation is 2. The molecular weight excluding hydrogens is 352 g/mol. The van der Waals surface area contributed by atoms with E-state index in [9.17, 15) is 5.11 Å². The van der Waals surface area contributed by atoms with Crippen LogP contribution in [0.5, 0.6) is 0 Å². The fraction of sp³-hybridized carbons (Fsp3) is 0.524. The molecule has 7 nitrogen and oxygen atoms in total. The summed E-state index contributed by atoms with van der Waals surface area (Å²) in [6.07, 6.45) is 6.90. The first-order valence-corrected chi connectivity index (χ1v) is 10.2. The van der Waals surface area contributed by atoms with Gasteiger partial charge in [-0.3, -0.25) is 9.67 Å². The number of fused-ring (bicyclic) bond motifs is 2. The van der Waals surface area contributed by atoms with Gasteiger partial charge in [-0.25, -0.2) is 9.97 Å². The van der Waals surface area contributed by atoms with Crippen molar-refractivity contribution < 1.29 is 5.11 Å². The van der Waals surface area contributed by atoms with Gasteiger partial charge < -0.3 is 10.0 Å². The molecule has 0 amide bonds. The molecule has 1 aliphatic carbocycles. The maximum atomic E-state index is 11.1. The van der Waals surface area contributed by atoms with Crippen LogP contribution < -0.4 is 4.90 Å². The summed E-state index contributed by atoms with van der Waals surface area (Å²) in [6, 6.07) is 5.78. The van der Waals surface area contributed by atoms with Crippen LogP contribution >= 0.6 is 0 Å². The van der Waals surface area contributed by atoms with Crippen LogP contribution in [0.15, 0.2) is 24.4 Å². The number of pyridine rings is 1. The van der Waals surface area contributed by atoms with Crippen molar-refractivity contribution in [3.8, 4) is 11.5 Å². The standard InChI is InChI=1S/C21H26N6O/c1-14-17-19(26(2)25-14)23-18(16-8-4-6-11-22-16)24-20(17)27-12-10-21(28)9-5-3-7-15(21)13-27/h4,6,8,11,15,28H,3,5,7,9-10,12-13H2,1-2H3/t15-,21-/m0/s1. The van der Waals surface area contributed by atoms with Gasteiger partial charge in [-0.05, 0) is 38.3 Å². The highest BCUT2D eigenvalue weighted by atomic mass is 16.3. The zero-order valence-electron chi connectivity index (χ0n) is 16.5. The average Bonchev–Trinajstić information content (AvgIpc) is 3.01. The molecule has 3 aromatic heterocycles. The smallest absolute Gasteiger partial charge is 0.182 e. The minimum Gasteiger partial charge on any atom is -0.389 e. The lowest BCUT2D eigenvalue weighted by molar-refractivity contribution is -0.0613. The number of hydrogen-bond donors (Lipinski definition) is 1. The Morgan fingerprint density at radius 3 is 2.89 bits per heavy atom. The van der Waals surface area contributed by atoms with Crippen molar-refractivity contribution in [2.45, 2.75) is 44.6 Å². The molecular formula is C21H26N6O. The first-order chi connectivity index (χ1) is 13.5. The summed E-state index contributed by atoms with van der Waals surface area (Å²) in [5, 5.41) is 16.7. The summed E-state index contributed by atoms with van der Waals surface area (Å²) in [5.41, 5.74) is 2.02. The number of nitrogens with zero attached hydrogens (tertiary/aromatic N) is 6. The highest BCUT2D eigenvalue weighted by Gasteiger charge is 2.43. The van der Waals surface area contributed by atoms with E-state index in [1.807, 2.05) is 36.9 Å². The minimum absolute atomic E-state index is 0.301. The molecule has 1 saturated carbocycles. The zero-order valence-corrected chi connectivity index (χ0v) is 16.5. The van der Waals surface area contributed by atoms with Crippen molar-refractivity contribution in [2.24, 2.45) is 13.0 Å². The Morgan fingerprint density at radius 2 is 2.07 bits per heavy atom. The summed E-state index contributed by atoms with van der Waals surface area (Å²) < 4.78 is 1.82. The number of rotatable bonds is 2. The minimum atomic E-state index is -0.505. The first kappa shape index (κ1) is 17.6. The summed E-state index contributed by atoms with van der Waals surface area (Å²) in [4.78, 5) is 16.5. The van der Waals surface area contributed by atoms with E-state index in [1.165, 1.54) is 6.42 Å². The van der Waals surface area contributed by atoms with Gasteiger partial charge in [-0.1, -0.05) is 18.9 Å². The van der Waals surface area contributed by atoms with Crippen LogP contribution in [0.4, 0.5) is 5.82 Å². The van der Waals surface area contributed by atoms with E-state index >= 15 is 0 Å². The van der Waals surface area contributed by atoms with E-state index < -0.39 is 5.60 Å². The topological polar surface area (TPSA) is 80.0 Å². The molecule has 1 saturated heterocycles. The Bertz CT molecular complexity index is 1020. The molecule has 2 atom stereocenters. The third-order valence-corrected chi connectivity index (χ3v) is 6.46. The molecule has 0 aromatic carbocycles. The number of hydrogen-bond acceptors (Lipinski definition) is 6. The average molecular weight is 378 g/mol. The lowest BCUT2D eigenvalue weighted by atomic mass is 9.71. The van der Waals surface area contributed by atoms with E-state index in [4.69, 9.17) is 9.97 Å². The quantitative estimate of drug-likeness (QED) is 0.739. The molecule has 1 aliphatic heterocycles. The van der Waals surface area contributed by atoms with Gasteiger partial charge in [-0.15, -0.1) is 0 Å². The summed E-state index contributed by atoms with van der Waals surface area (Å²) >= 11 is 0. The predicted molar refractivity (Wildman–Crippen MR) is 108 cm³/mol. The third kappa shape index (κ3) is 2.76. The van der Waals surface area contributed by atoms with Crippen LogP contribution in [-0.2, 0) is 7.05 Å². The first-order valence-electron chi connectivity index (χ1n) is 10.2. The van der Waals surface area contributed by atoms with Crippen molar-refractivity contribution in [1.82, 2.24) is 24.7 Å². The van der Waals surface area contributed by atoms with Crippen LogP contribution in [0.3, 0.4) is 0 Å². The Hall–Kier alpha value is -2.54. The fourth-order valence-corrected chi connectivity index (χ4v) is 4.92. The van der Waals surface area contributed by atoms with Gasteiger partial charge in [0.1, 0.15) is 11.5 Å². The monoisotopic (exact) mass is 378 g/mol. The Balaban J connectivity index is 1.62. The van der Waals surface area contributed by atoms with Crippen LogP contribution in [0.2, 0.25) is 0 Å². The molecule has 0 spiro atoms. The molecule has 146 valence electrons. The lowest BCUT2D eigenvalue weighted by Crippen LogP contribution is -2.53. The predicted octanol–water partition coefficient (Wildman–Crippen LogP) is 2.87. The molecule has 0 radical (unpaired) electrons. The largest absolute Gasteiger partial charge is 0.389 e. The number of piperidine rings is 1. The SMILES string of the molecule is Cc1nn(C)c2nc(-c3ccccn3)nc(N3CC[C@@]4(O)CCCC[C@H]4C3)c12. The molecule has 4 heterocycles. The van der Waals surface area contributed by atoms with Gasteiger partial charge >= 0.3 is 0 Å². The highest BCUT2D eigenvalue weighted by molar-refractivity contribution is 5.91. The second kappa shape index (κ2) is 6.51. The van der Waals surface area contributed by atoms with Gasteiger partial charge in [-0.2, -0.15) is 5.10 Å². The summed E-state index contributed by atoms with van der Waals surface area (Å²) in [7, 11) is 1.92. The Labute approximate surface area is 164 Å². The molecule has 1 N–H and O–H groups in total. The van der Waals surface area contributed by atoms with Crippen LogP contribution in [0, 0.1) is 12.8 Å². The van der Waals surface area contributed by atoms with Gasteiger partial charge in [0, 0.05) is 32.3 Å². The van der Waals surface area contributed by atoms with Crippen LogP contribution in [-0.4, -0.2) is 48.5 Å². The summed E-state index contributed by atoms with van der Waals surface area (Å²) in [5.74, 6) is 1.84. The van der Waals surface area contributed by atoms with Gasteiger partial charge in [0.25, 0.3) is 0 Å². The molecule has 7 heteroatoms. The molecule has 0 unspecified atom stereocenters. The van der Waals surface area contributed by atoms with E-state index in [0.717, 1.165) is 67.0 Å². The maximum absolute atomic E-state index is 11.1. The van der Waals surface area contributed by atoms with Crippen LogP contribution in [0.25, 0.3) is 22.6 Å². The van der Waals surface area contributed by atoms with Gasteiger partial charge in [0.2, 0.25) is 0 Å². The second-order valence-electron chi connectivity index (χ2n) is 8.24. The Morgan fingerprint density at radius 1 is 1.18 bits per heavy atom. The van der Waals surface area contributed by atoms with E-state index in [1.54, 1.807) is 6.20 Å².